The number of allylic oxidation sites excluding steroid dienone is 2. The molecule has 140 valence electrons. The predicted octanol–water partition coefficient (Wildman–Crippen LogP) is 2.06. The van der Waals surface area contributed by atoms with Gasteiger partial charge in [-0.1, -0.05) is 12.2 Å². The molecule has 1 aromatic rings. The van der Waals surface area contributed by atoms with E-state index < -0.39 is 54.1 Å². The predicted molar refractivity (Wildman–Crippen MR) is 85.4 cm³/mol. The van der Waals surface area contributed by atoms with Crippen molar-refractivity contribution in [3.8, 4) is 0 Å². The second-order valence-corrected chi connectivity index (χ2v) is 5.64. The topological polar surface area (TPSA) is 84.5 Å². The highest BCUT2D eigenvalue weighted by Gasteiger charge is 2.21. The van der Waals surface area contributed by atoms with Crippen molar-refractivity contribution in [2.24, 2.45) is 5.92 Å². The first-order valence-electron chi connectivity index (χ1n) is 7.90. The molecule has 0 bridgehead atoms. The first-order chi connectivity index (χ1) is 12.4. The molecule has 0 fully saturated rings. The Morgan fingerprint density at radius 1 is 1.08 bits per heavy atom. The number of halogens is 3. The van der Waals surface area contributed by atoms with Crippen LogP contribution in [-0.2, 0) is 19.1 Å². The number of esters is 1. The van der Waals surface area contributed by atoms with Gasteiger partial charge in [0.25, 0.3) is 5.91 Å². The number of anilines is 1. The lowest BCUT2D eigenvalue weighted by atomic mass is 9.95. The highest BCUT2D eigenvalue weighted by molar-refractivity contribution is 5.95. The number of rotatable bonds is 6. The zero-order valence-electron chi connectivity index (χ0n) is 13.7. The largest absolute Gasteiger partial charge is 0.455 e. The molecular weight excluding hydrogens is 353 g/mol. The fourth-order valence-corrected chi connectivity index (χ4v) is 2.31. The summed E-state index contributed by atoms with van der Waals surface area (Å²) in [6.45, 7) is -1.10. The van der Waals surface area contributed by atoms with Gasteiger partial charge in [-0.2, -0.15) is 0 Å². The van der Waals surface area contributed by atoms with Gasteiger partial charge in [-0.05, 0) is 31.4 Å². The number of benzene rings is 1. The summed E-state index contributed by atoms with van der Waals surface area (Å²) in [4.78, 5) is 35.0. The molecule has 1 aliphatic carbocycles. The lowest BCUT2D eigenvalue weighted by Gasteiger charge is -2.16. The molecule has 2 N–H and O–H groups in total. The van der Waals surface area contributed by atoms with Gasteiger partial charge in [0.05, 0.1) is 18.2 Å². The Bertz CT molecular complexity index is 737. The molecule has 6 nitrogen and oxygen atoms in total. The van der Waals surface area contributed by atoms with Crippen LogP contribution in [0.1, 0.15) is 19.3 Å². The lowest BCUT2D eigenvalue weighted by Crippen LogP contribution is -2.36. The molecule has 0 aromatic heterocycles. The minimum absolute atomic E-state index is 0.285. The molecule has 9 heteroatoms. The number of nitrogens with one attached hydrogen (secondary N) is 2. The number of hydrogen-bond acceptors (Lipinski definition) is 4. The number of carbonyl (C=O) groups is 3. The van der Waals surface area contributed by atoms with Crippen LogP contribution in [0.2, 0.25) is 0 Å². The Morgan fingerprint density at radius 2 is 1.85 bits per heavy atom. The molecule has 0 radical (unpaired) electrons. The monoisotopic (exact) mass is 370 g/mol. The molecule has 0 spiro atoms. The molecule has 0 heterocycles. The van der Waals surface area contributed by atoms with Crippen molar-refractivity contribution >= 4 is 23.5 Å². The van der Waals surface area contributed by atoms with Crippen molar-refractivity contribution < 1.29 is 32.3 Å². The number of carbonyl (C=O) groups excluding carboxylic acids is 3. The maximum atomic E-state index is 13.4. The van der Waals surface area contributed by atoms with Crippen LogP contribution in [0, 0.1) is 23.4 Å². The average Bonchev–Trinajstić information content (AvgIpc) is 2.65. The van der Waals surface area contributed by atoms with Gasteiger partial charge in [0.1, 0.15) is 0 Å². The second kappa shape index (κ2) is 9.02. The zero-order chi connectivity index (χ0) is 19.1. The van der Waals surface area contributed by atoms with Crippen LogP contribution in [0.25, 0.3) is 0 Å². The van der Waals surface area contributed by atoms with Gasteiger partial charge in [0.15, 0.2) is 24.1 Å². The first-order valence-corrected chi connectivity index (χ1v) is 7.90. The highest BCUT2D eigenvalue weighted by atomic mass is 19.2. The smallest absolute Gasteiger partial charge is 0.309 e. The van der Waals surface area contributed by atoms with E-state index in [0.29, 0.717) is 18.9 Å². The van der Waals surface area contributed by atoms with E-state index >= 15 is 0 Å². The number of hydrogen-bond donors (Lipinski definition) is 2. The van der Waals surface area contributed by atoms with E-state index in [2.05, 4.69) is 5.32 Å². The van der Waals surface area contributed by atoms with Crippen LogP contribution in [-0.4, -0.2) is 30.9 Å². The molecule has 2 rings (SSSR count). The molecule has 1 unspecified atom stereocenters. The first kappa shape index (κ1) is 19.5. The molecule has 0 saturated heterocycles. The molecular formula is C17H17F3N2O4. The number of ether oxygens (including phenoxy) is 1. The molecule has 1 atom stereocenters. The van der Waals surface area contributed by atoms with Crippen molar-refractivity contribution in [3.63, 3.8) is 0 Å². The minimum Gasteiger partial charge on any atom is -0.455 e. The van der Waals surface area contributed by atoms with E-state index in [1.54, 1.807) is 0 Å². The van der Waals surface area contributed by atoms with Gasteiger partial charge >= 0.3 is 5.97 Å². The van der Waals surface area contributed by atoms with Crippen LogP contribution in [0.3, 0.4) is 0 Å². The van der Waals surface area contributed by atoms with E-state index in [1.807, 2.05) is 17.5 Å². The normalized spacial score (nSPS) is 16.0. The van der Waals surface area contributed by atoms with Crippen molar-refractivity contribution in [2.75, 3.05) is 18.5 Å². The fraction of sp³-hybridized carbons (Fsp3) is 0.353. The summed E-state index contributed by atoms with van der Waals surface area (Å²) in [5, 5.41) is 4.17. The van der Waals surface area contributed by atoms with Crippen molar-refractivity contribution in [2.45, 2.75) is 19.3 Å². The van der Waals surface area contributed by atoms with Crippen LogP contribution in [0.4, 0.5) is 18.9 Å². The van der Waals surface area contributed by atoms with Crippen molar-refractivity contribution in [3.05, 3.63) is 41.7 Å². The van der Waals surface area contributed by atoms with E-state index in [-0.39, 0.29) is 5.92 Å². The summed E-state index contributed by atoms with van der Waals surface area (Å²) in [5.41, 5.74) is -0.556. The summed E-state index contributed by atoms with van der Waals surface area (Å²) in [7, 11) is 0. The summed E-state index contributed by atoms with van der Waals surface area (Å²) in [6.07, 6.45) is 5.82. The second-order valence-electron chi connectivity index (χ2n) is 5.64. The minimum atomic E-state index is -1.71. The molecule has 26 heavy (non-hydrogen) atoms. The summed E-state index contributed by atoms with van der Waals surface area (Å²) in [5.74, 6) is -6.98. The molecule has 1 aromatic carbocycles. The van der Waals surface area contributed by atoms with Crippen molar-refractivity contribution in [1.29, 1.82) is 0 Å². The molecule has 2 amide bonds. The zero-order valence-corrected chi connectivity index (χ0v) is 13.7. The maximum Gasteiger partial charge on any atom is 0.309 e. The van der Waals surface area contributed by atoms with Gasteiger partial charge in [-0.3, -0.25) is 14.4 Å². The highest BCUT2D eigenvalue weighted by Crippen LogP contribution is 2.20. The summed E-state index contributed by atoms with van der Waals surface area (Å²) >= 11 is 0. The Morgan fingerprint density at radius 3 is 2.54 bits per heavy atom. The van der Waals surface area contributed by atoms with Crippen LogP contribution in [0.15, 0.2) is 24.3 Å². The van der Waals surface area contributed by atoms with Crippen molar-refractivity contribution in [1.82, 2.24) is 5.32 Å². The van der Waals surface area contributed by atoms with E-state index in [1.165, 1.54) is 0 Å². The summed E-state index contributed by atoms with van der Waals surface area (Å²) in [6, 6.07) is 1.51. The Labute approximate surface area is 147 Å². The van der Waals surface area contributed by atoms with E-state index in [9.17, 15) is 27.6 Å². The van der Waals surface area contributed by atoms with Gasteiger partial charge in [0, 0.05) is 0 Å². The fourth-order valence-electron chi connectivity index (χ4n) is 2.31. The molecule has 0 aliphatic heterocycles. The standard InChI is InChI=1S/C17H17F3N2O4/c18-11-6-7-12(16(20)15(11)19)22-13(23)8-21-14(24)9-26-17(25)10-4-2-1-3-5-10/h1-2,6-7,10H,3-5,8-9H2,(H,21,24)(H,22,23). The summed E-state index contributed by atoms with van der Waals surface area (Å²) < 4.78 is 44.2. The molecule has 1 aliphatic rings. The van der Waals surface area contributed by atoms with Gasteiger partial charge in [-0.15, -0.1) is 0 Å². The SMILES string of the molecule is O=C(COC(=O)C1CC=CCC1)NCC(=O)Nc1ccc(F)c(F)c1F. The molecule has 0 saturated carbocycles. The van der Waals surface area contributed by atoms with Crippen LogP contribution in [0.5, 0.6) is 0 Å². The van der Waals surface area contributed by atoms with Gasteiger partial charge in [-0.25, -0.2) is 13.2 Å². The average molecular weight is 370 g/mol. The quantitative estimate of drug-likeness (QED) is 0.456. The van der Waals surface area contributed by atoms with E-state index in [0.717, 1.165) is 12.5 Å². The van der Waals surface area contributed by atoms with Gasteiger partial charge < -0.3 is 15.4 Å². The third-order valence-corrected chi connectivity index (χ3v) is 3.70. The third kappa shape index (κ3) is 5.33. The number of amides is 2. The van der Waals surface area contributed by atoms with E-state index in [4.69, 9.17) is 4.74 Å². The lowest BCUT2D eigenvalue weighted by molar-refractivity contribution is -0.152. The maximum absolute atomic E-state index is 13.4. The Balaban J connectivity index is 1.73. The van der Waals surface area contributed by atoms with Crippen LogP contribution < -0.4 is 10.6 Å². The Hall–Kier alpha value is -2.84. The van der Waals surface area contributed by atoms with Gasteiger partial charge in [0.2, 0.25) is 5.91 Å². The third-order valence-electron chi connectivity index (χ3n) is 3.70. The Kier molecular flexibility index (Phi) is 6.76. The van der Waals surface area contributed by atoms with Crippen LogP contribution >= 0.6 is 0 Å².